The van der Waals surface area contributed by atoms with Crippen molar-refractivity contribution in [1.82, 2.24) is 15.0 Å². The summed E-state index contributed by atoms with van der Waals surface area (Å²) in [6.07, 6.45) is 1.47. The lowest BCUT2D eigenvalue weighted by molar-refractivity contribution is 0.0949. The van der Waals surface area contributed by atoms with E-state index < -0.39 is 0 Å². The average molecular weight is 330 g/mol. The summed E-state index contributed by atoms with van der Waals surface area (Å²) in [6.45, 7) is 3.31. The maximum Gasteiger partial charge on any atom is 0.298 e. The zero-order valence-corrected chi connectivity index (χ0v) is 14.1. The maximum absolute atomic E-state index is 12.7. The highest BCUT2D eigenvalue weighted by atomic mass is 32.1. The first-order valence-electron chi connectivity index (χ1n) is 7.29. The van der Waals surface area contributed by atoms with Crippen LogP contribution in [0.3, 0.4) is 0 Å². The number of carbonyl (C=O) groups excluding carboxylic acids is 1. The second-order valence-corrected chi connectivity index (χ2v) is 6.61. The summed E-state index contributed by atoms with van der Waals surface area (Å²) in [5.74, 6) is -0.000629. The molecule has 0 radical (unpaired) electrons. The molecule has 0 spiro atoms. The average Bonchev–Trinajstić information content (AvgIpc) is 3.15. The van der Waals surface area contributed by atoms with Crippen molar-refractivity contribution in [2.75, 3.05) is 32.1 Å². The number of likely N-dealkylation sites (N-methyl/N-ethyl adjacent to an activating group) is 1. The van der Waals surface area contributed by atoms with Crippen LogP contribution in [0.25, 0.3) is 10.2 Å². The number of hydrogen-bond acceptors (Lipinski definition) is 6. The van der Waals surface area contributed by atoms with Crippen LogP contribution < -0.4 is 4.90 Å². The SMILES string of the molecule is Cc1ccc2nc(N(CCN(C)C)C(=O)c3ccno3)sc2c1. The van der Waals surface area contributed by atoms with Crippen molar-refractivity contribution in [2.45, 2.75) is 6.92 Å². The topological polar surface area (TPSA) is 62.5 Å². The quantitative estimate of drug-likeness (QED) is 0.720. The minimum atomic E-state index is -0.222. The first kappa shape index (κ1) is 15.6. The van der Waals surface area contributed by atoms with Gasteiger partial charge in [-0.25, -0.2) is 4.98 Å². The molecule has 1 aromatic carbocycles. The Balaban J connectivity index is 1.96. The first-order valence-corrected chi connectivity index (χ1v) is 8.11. The summed E-state index contributed by atoms with van der Waals surface area (Å²) in [6, 6.07) is 7.66. The fraction of sp³-hybridized carbons (Fsp3) is 0.312. The van der Waals surface area contributed by atoms with Crippen molar-refractivity contribution in [3.63, 3.8) is 0 Å². The van der Waals surface area contributed by atoms with Gasteiger partial charge in [0, 0.05) is 19.2 Å². The first-order chi connectivity index (χ1) is 11.0. The van der Waals surface area contributed by atoms with Gasteiger partial charge in [-0.3, -0.25) is 9.69 Å². The van der Waals surface area contributed by atoms with E-state index >= 15 is 0 Å². The van der Waals surface area contributed by atoms with Gasteiger partial charge in [0.25, 0.3) is 5.91 Å². The molecule has 2 aromatic heterocycles. The normalized spacial score (nSPS) is 11.3. The Labute approximate surface area is 138 Å². The number of fused-ring (bicyclic) bond motifs is 1. The number of hydrogen-bond donors (Lipinski definition) is 0. The highest BCUT2D eigenvalue weighted by Crippen LogP contribution is 2.30. The van der Waals surface area contributed by atoms with E-state index in [1.165, 1.54) is 23.1 Å². The van der Waals surface area contributed by atoms with Crippen LogP contribution in [0.5, 0.6) is 0 Å². The third-order valence-corrected chi connectivity index (χ3v) is 4.47. The summed E-state index contributed by atoms with van der Waals surface area (Å²) >= 11 is 1.51. The number of aryl methyl sites for hydroxylation is 1. The number of carbonyl (C=O) groups is 1. The Morgan fingerprint density at radius 2 is 2.09 bits per heavy atom. The molecule has 3 rings (SSSR count). The number of rotatable bonds is 5. The summed E-state index contributed by atoms with van der Waals surface area (Å²) in [7, 11) is 3.94. The molecule has 0 bridgehead atoms. The predicted octanol–water partition coefficient (Wildman–Crippen LogP) is 2.80. The van der Waals surface area contributed by atoms with Gasteiger partial charge >= 0.3 is 0 Å². The van der Waals surface area contributed by atoms with E-state index in [4.69, 9.17) is 4.52 Å². The van der Waals surface area contributed by atoms with E-state index in [9.17, 15) is 4.79 Å². The fourth-order valence-electron chi connectivity index (χ4n) is 2.18. The van der Waals surface area contributed by atoms with Gasteiger partial charge in [0.15, 0.2) is 5.13 Å². The summed E-state index contributed by atoms with van der Waals surface area (Å²) in [5.41, 5.74) is 2.07. The van der Waals surface area contributed by atoms with E-state index in [-0.39, 0.29) is 11.7 Å². The molecule has 0 fully saturated rings. The lowest BCUT2D eigenvalue weighted by atomic mass is 10.2. The van der Waals surface area contributed by atoms with Gasteiger partial charge in [0.2, 0.25) is 5.76 Å². The molecular formula is C16H18N4O2S. The maximum atomic E-state index is 12.7. The smallest absolute Gasteiger partial charge is 0.298 e. The molecular weight excluding hydrogens is 312 g/mol. The molecule has 0 aliphatic heterocycles. The van der Waals surface area contributed by atoms with Crippen molar-refractivity contribution in [1.29, 1.82) is 0 Å². The Hall–Kier alpha value is -2.25. The molecule has 1 amide bonds. The summed E-state index contributed by atoms with van der Waals surface area (Å²) in [5, 5.41) is 4.29. The zero-order chi connectivity index (χ0) is 16.4. The minimum absolute atomic E-state index is 0.221. The molecule has 0 saturated heterocycles. The van der Waals surface area contributed by atoms with Gasteiger partial charge in [0.05, 0.1) is 16.4 Å². The third-order valence-electron chi connectivity index (χ3n) is 3.43. The standard InChI is InChI=1S/C16H18N4O2S/c1-11-4-5-12-14(10-11)23-16(18-12)20(9-8-19(2)3)15(21)13-6-7-17-22-13/h4-7,10H,8-9H2,1-3H3. The summed E-state index contributed by atoms with van der Waals surface area (Å²) in [4.78, 5) is 21.0. The van der Waals surface area contributed by atoms with Gasteiger partial charge in [0.1, 0.15) is 0 Å². The van der Waals surface area contributed by atoms with Gasteiger partial charge in [-0.15, -0.1) is 0 Å². The molecule has 2 heterocycles. The lowest BCUT2D eigenvalue weighted by Gasteiger charge is -2.20. The number of anilines is 1. The van der Waals surface area contributed by atoms with E-state index in [0.29, 0.717) is 11.7 Å². The molecule has 0 N–H and O–H groups in total. The highest BCUT2D eigenvalue weighted by molar-refractivity contribution is 7.22. The molecule has 0 aliphatic carbocycles. The number of nitrogens with zero attached hydrogens (tertiary/aromatic N) is 4. The largest absolute Gasteiger partial charge is 0.351 e. The Bertz CT molecular complexity index is 811. The number of thiazole rings is 1. The Morgan fingerprint density at radius 1 is 1.26 bits per heavy atom. The van der Waals surface area contributed by atoms with Gasteiger partial charge in [-0.2, -0.15) is 0 Å². The van der Waals surface area contributed by atoms with Crippen LogP contribution in [0.15, 0.2) is 35.0 Å². The zero-order valence-electron chi connectivity index (χ0n) is 13.3. The fourth-order valence-corrected chi connectivity index (χ4v) is 3.27. The van der Waals surface area contributed by atoms with Crippen molar-refractivity contribution >= 4 is 32.6 Å². The van der Waals surface area contributed by atoms with Crippen LogP contribution in [0.1, 0.15) is 16.1 Å². The Kier molecular flexibility index (Phi) is 4.40. The highest BCUT2D eigenvalue weighted by Gasteiger charge is 2.23. The van der Waals surface area contributed by atoms with Crippen LogP contribution in [0.2, 0.25) is 0 Å². The molecule has 3 aromatic rings. The minimum Gasteiger partial charge on any atom is -0.351 e. The van der Waals surface area contributed by atoms with Crippen LogP contribution in [-0.4, -0.2) is 48.1 Å². The number of benzene rings is 1. The van der Waals surface area contributed by atoms with Crippen molar-refractivity contribution in [3.05, 3.63) is 41.8 Å². The molecule has 0 aliphatic rings. The molecule has 0 unspecified atom stereocenters. The van der Waals surface area contributed by atoms with Crippen molar-refractivity contribution in [3.8, 4) is 0 Å². The predicted molar refractivity (Wildman–Crippen MR) is 91.1 cm³/mol. The number of aromatic nitrogens is 2. The Morgan fingerprint density at radius 3 is 2.78 bits per heavy atom. The second kappa shape index (κ2) is 6.47. The van der Waals surface area contributed by atoms with E-state index in [1.807, 2.05) is 38.1 Å². The van der Waals surface area contributed by atoms with Crippen molar-refractivity contribution in [2.24, 2.45) is 0 Å². The van der Waals surface area contributed by atoms with Gasteiger partial charge in [-0.1, -0.05) is 22.6 Å². The molecule has 6 nitrogen and oxygen atoms in total. The van der Waals surface area contributed by atoms with Crippen LogP contribution in [-0.2, 0) is 0 Å². The molecule has 120 valence electrons. The molecule has 7 heteroatoms. The van der Waals surface area contributed by atoms with Crippen LogP contribution >= 0.6 is 11.3 Å². The van der Waals surface area contributed by atoms with Crippen molar-refractivity contribution < 1.29 is 9.32 Å². The van der Waals surface area contributed by atoms with Gasteiger partial charge < -0.3 is 9.42 Å². The molecule has 0 atom stereocenters. The third kappa shape index (κ3) is 3.40. The summed E-state index contributed by atoms with van der Waals surface area (Å²) < 4.78 is 6.09. The van der Waals surface area contributed by atoms with Crippen LogP contribution in [0, 0.1) is 6.92 Å². The number of amides is 1. The van der Waals surface area contributed by atoms with E-state index in [0.717, 1.165) is 16.8 Å². The van der Waals surface area contributed by atoms with E-state index in [2.05, 4.69) is 16.2 Å². The molecule has 0 saturated carbocycles. The van der Waals surface area contributed by atoms with E-state index in [1.54, 1.807) is 11.0 Å². The molecule has 23 heavy (non-hydrogen) atoms. The van der Waals surface area contributed by atoms with Gasteiger partial charge in [-0.05, 0) is 38.7 Å². The monoisotopic (exact) mass is 330 g/mol. The lowest BCUT2D eigenvalue weighted by Crippen LogP contribution is -2.36. The van der Waals surface area contributed by atoms with Crippen LogP contribution in [0.4, 0.5) is 5.13 Å². The second-order valence-electron chi connectivity index (χ2n) is 5.60.